The van der Waals surface area contributed by atoms with E-state index in [1.165, 1.54) is 18.9 Å². The van der Waals surface area contributed by atoms with Crippen molar-refractivity contribution in [3.8, 4) is 17.2 Å². The molecule has 5 aliphatic heterocycles. The Hall–Kier alpha value is -3.95. The molecule has 0 bridgehead atoms. The number of nitrogens with one attached hydrogen (secondary N) is 1. The minimum Gasteiger partial charge on any atom is -0.451 e. The number of likely N-dealkylation sites (tertiary alicyclic amines) is 2. The van der Waals surface area contributed by atoms with Crippen molar-refractivity contribution in [1.29, 1.82) is 0 Å². The molecule has 3 aromatic carbocycles. The van der Waals surface area contributed by atoms with Crippen LogP contribution in [0.4, 0.5) is 10.1 Å². The van der Waals surface area contributed by atoms with Crippen LogP contribution in [0.1, 0.15) is 48.9 Å². The number of nitrogens with zero attached hydrogens (tertiary/aromatic N) is 4. The van der Waals surface area contributed by atoms with Gasteiger partial charge in [-0.3, -0.25) is 9.59 Å². The van der Waals surface area contributed by atoms with E-state index in [2.05, 4.69) is 15.1 Å². The number of pyridine rings is 1. The van der Waals surface area contributed by atoms with E-state index in [4.69, 9.17) is 4.74 Å². The first-order valence-corrected chi connectivity index (χ1v) is 16.7. The first kappa shape index (κ1) is 27.4. The highest BCUT2D eigenvalue weighted by atomic mass is 19.1. The van der Waals surface area contributed by atoms with Crippen LogP contribution in [0.15, 0.2) is 53.5 Å². The number of rotatable bonds is 3. The lowest BCUT2D eigenvalue weighted by molar-refractivity contribution is 0.0643. The van der Waals surface area contributed by atoms with Gasteiger partial charge in [-0.05, 0) is 93.0 Å². The van der Waals surface area contributed by atoms with E-state index >= 15 is 4.39 Å². The Balaban J connectivity index is 1.17. The minimum atomic E-state index is -0.486. The van der Waals surface area contributed by atoms with Crippen LogP contribution in [0.25, 0.3) is 27.4 Å². The van der Waals surface area contributed by atoms with Crippen LogP contribution in [-0.4, -0.2) is 78.2 Å². The smallest absolute Gasteiger partial charge is 0.259 e. The summed E-state index contributed by atoms with van der Waals surface area (Å²) in [7, 11) is 0. The monoisotopic (exact) mass is 607 g/mol. The highest BCUT2D eigenvalue weighted by Gasteiger charge is 2.39. The molecular formula is C36H38FN5O3. The third kappa shape index (κ3) is 4.38. The van der Waals surface area contributed by atoms with E-state index in [-0.39, 0.29) is 16.9 Å². The Kier molecular flexibility index (Phi) is 6.42. The van der Waals surface area contributed by atoms with Crippen molar-refractivity contribution < 1.29 is 13.9 Å². The quantitative estimate of drug-likeness (QED) is 0.301. The summed E-state index contributed by atoms with van der Waals surface area (Å²) in [5, 5.41) is 5.81. The van der Waals surface area contributed by atoms with E-state index < -0.39 is 11.2 Å². The number of benzene rings is 3. The maximum Gasteiger partial charge on any atom is 0.259 e. The lowest BCUT2D eigenvalue weighted by atomic mass is 9.94. The van der Waals surface area contributed by atoms with Crippen LogP contribution in [0.3, 0.4) is 0 Å². The average Bonchev–Trinajstić information content (AvgIpc) is 3.76. The molecule has 0 radical (unpaired) electrons. The summed E-state index contributed by atoms with van der Waals surface area (Å²) < 4.78 is 24.9. The number of amides is 1. The lowest BCUT2D eigenvalue weighted by Gasteiger charge is -2.36. The van der Waals surface area contributed by atoms with Gasteiger partial charge >= 0.3 is 0 Å². The molecule has 4 aromatic rings. The van der Waals surface area contributed by atoms with Gasteiger partial charge in [0.15, 0.2) is 17.3 Å². The molecule has 45 heavy (non-hydrogen) atoms. The molecule has 5 aliphatic rings. The lowest BCUT2D eigenvalue weighted by Crippen LogP contribution is -2.46. The van der Waals surface area contributed by atoms with Crippen molar-refractivity contribution in [3.05, 3.63) is 70.3 Å². The molecule has 8 nitrogen and oxygen atoms in total. The van der Waals surface area contributed by atoms with Crippen molar-refractivity contribution in [2.45, 2.75) is 50.6 Å². The van der Waals surface area contributed by atoms with Gasteiger partial charge in [0.2, 0.25) is 5.43 Å². The average molecular weight is 608 g/mol. The second-order valence-corrected chi connectivity index (χ2v) is 13.6. The Morgan fingerprint density at radius 1 is 0.933 bits per heavy atom. The van der Waals surface area contributed by atoms with Crippen molar-refractivity contribution >= 4 is 33.3 Å². The summed E-state index contributed by atoms with van der Waals surface area (Å²) in [6, 6.07) is 14.2. The van der Waals surface area contributed by atoms with Crippen LogP contribution in [0.2, 0.25) is 0 Å². The summed E-state index contributed by atoms with van der Waals surface area (Å²) >= 11 is 0. The fourth-order valence-corrected chi connectivity index (χ4v) is 8.68. The standard InChI is InChI=1S/C36H38FN5O3/c37-28-18-26-32-35(33(28)41-19-24-8-5-11-38-29(24)21-41)45-31-17-23-7-2-1-6-22(23)16-30(31)42(32)20-27(34(26)43)36(44)40-14-9-25(10-15-40)39-12-3-4-13-39/h1-2,6-7,16-18,20,24-25,29,38H,3-5,8-15,19,21H2. The van der Waals surface area contributed by atoms with Crippen LogP contribution in [0, 0.1) is 11.7 Å². The molecule has 0 spiro atoms. The molecular weight excluding hydrogens is 569 g/mol. The predicted octanol–water partition coefficient (Wildman–Crippen LogP) is 5.28. The number of anilines is 1. The molecule has 6 heterocycles. The van der Waals surface area contributed by atoms with Gasteiger partial charge in [0.25, 0.3) is 5.91 Å². The van der Waals surface area contributed by atoms with Crippen molar-refractivity contribution in [1.82, 2.24) is 19.7 Å². The molecule has 2 atom stereocenters. The van der Waals surface area contributed by atoms with Crippen molar-refractivity contribution in [3.63, 3.8) is 0 Å². The largest absolute Gasteiger partial charge is 0.451 e. The summed E-state index contributed by atoms with van der Waals surface area (Å²) in [4.78, 5) is 34.6. The molecule has 0 saturated carbocycles. The van der Waals surface area contributed by atoms with E-state index in [0.717, 1.165) is 68.3 Å². The van der Waals surface area contributed by atoms with Crippen LogP contribution >= 0.6 is 0 Å². The van der Waals surface area contributed by atoms with Gasteiger partial charge in [0.05, 0.1) is 11.1 Å². The first-order chi connectivity index (χ1) is 22.0. The number of hydrogen-bond acceptors (Lipinski definition) is 6. The van der Waals surface area contributed by atoms with Gasteiger partial charge in [-0.1, -0.05) is 24.3 Å². The van der Waals surface area contributed by atoms with Gasteiger partial charge in [0.1, 0.15) is 16.8 Å². The summed E-state index contributed by atoms with van der Waals surface area (Å²) in [6.45, 7) is 5.89. The normalized spacial score (nSPS) is 23.4. The summed E-state index contributed by atoms with van der Waals surface area (Å²) in [6.07, 6.45) is 8.21. The molecule has 232 valence electrons. The van der Waals surface area contributed by atoms with E-state index in [0.29, 0.717) is 60.3 Å². The fraction of sp³-hybridized carbons (Fsp3) is 0.444. The second-order valence-electron chi connectivity index (χ2n) is 13.6. The number of ether oxygens (including phenoxy) is 1. The SMILES string of the molecule is O=C(c1cn2c3c(c(N4CC5CCCNC5C4)c(F)cc3c1=O)Oc1cc3ccccc3cc1-2)N1CCC(N2CCCC2)CC1. The Morgan fingerprint density at radius 2 is 1.71 bits per heavy atom. The highest BCUT2D eigenvalue weighted by Crippen LogP contribution is 2.48. The third-order valence-corrected chi connectivity index (χ3v) is 11.0. The summed E-state index contributed by atoms with van der Waals surface area (Å²) in [5.41, 5.74) is 1.30. The van der Waals surface area contributed by atoms with Crippen LogP contribution < -0.4 is 20.4 Å². The highest BCUT2D eigenvalue weighted by molar-refractivity contribution is 6.02. The third-order valence-electron chi connectivity index (χ3n) is 11.0. The molecule has 0 aliphatic carbocycles. The van der Waals surface area contributed by atoms with Crippen LogP contribution in [0.5, 0.6) is 11.5 Å². The minimum absolute atomic E-state index is 0.0811. The molecule has 1 aromatic heterocycles. The van der Waals surface area contributed by atoms with Gasteiger partial charge in [-0.25, -0.2) is 4.39 Å². The zero-order chi connectivity index (χ0) is 30.2. The van der Waals surface area contributed by atoms with Gasteiger partial charge in [0, 0.05) is 44.5 Å². The second kappa shape index (κ2) is 10.6. The predicted molar refractivity (Wildman–Crippen MR) is 174 cm³/mol. The molecule has 4 fully saturated rings. The Bertz CT molecular complexity index is 1900. The number of fused-ring (bicyclic) bond motifs is 4. The number of piperidine rings is 2. The number of carbonyl (C=O) groups is 1. The zero-order valence-corrected chi connectivity index (χ0v) is 25.4. The maximum atomic E-state index is 16.3. The number of carbonyl (C=O) groups excluding carboxylic acids is 1. The molecule has 2 unspecified atom stereocenters. The topological polar surface area (TPSA) is 70.0 Å². The molecule has 4 saturated heterocycles. The summed E-state index contributed by atoms with van der Waals surface area (Å²) in [5.74, 6) is 0.615. The van der Waals surface area contributed by atoms with E-state index in [9.17, 15) is 9.59 Å². The van der Waals surface area contributed by atoms with Gasteiger partial charge in [-0.2, -0.15) is 0 Å². The van der Waals surface area contributed by atoms with Gasteiger partial charge in [-0.15, -0.1) is 0 Å². The molecule has 9 heteroatoms. The van der Waals surface area contributed by atoms with Crippen LogP contribution in [-0.2, 0) is 0 Å². The Morgan fingerprint density at radius 3 is 2.49 bits per heavy atom. The van der Waals surface area contributed by atoms with E-state index in [1.54, 1.807) is 6.20 Å². The van der Waals surface area contributed by atoms with Crippen molar-refractivity contribution in [2.75, 3.05) is 50.7 Å². The number of halogens is 1. The fourth-order valence-electron chi connectivity index (χ4n) is 8.68. The zero-order valence-electron chi connectivity index (χ0n) is 25.4. The number of aromatic nitrogens is 1. The van der Waals surface area contributed by atoms with Crippen molar-refractivity contribution in [2.24, 2.45) is 5.92 Å². The van der Waals surface area contributed by atoms with E-state index in [1.807, 2.05) is 45.9 Å². The Labute approximate surface area is 261 Å². The van der Waals surface area contributed by atoms with Gasteiger partial charge < -0.3 is 29.3 Å². The molecule has 1 N–H and O–H groups in total. The molecule has 1 amide bonds. The maximum absolute atomic E-state index is 16.3. The molecule has 9 rings (SSSR count). The number of hydrogen-bond donors (Lipinski definition) is 1. The first-order valence-electron chi connectivity index (χ1n) is 16.7.